The summed E-state index contributed by atoms with van der Waals surface area (Å²) in [5, 5.41) is 3.61. The van der Waals surface area contributed by atoms with E-state index >= 15 is 0 Å². The molecule has 2 unspecified atom stereocenters. The monoisotopic (exact) mass is 235 g/mol. The highest BCUT2D eigenvalue weighted by Crippen LogP contribution is 2.09. The first-order valence-electron chi connectivity index (χ1n) is 5.39. The lowest BCUT2D eigenvalue weighted by atomic mass is 10.3. The Balaban J connectivity index is 3.39. The fourth-order valence-electron chi connectivity index (χ4n) is 1.31. The summed E-state index contributed by atoms with van der Waals surface area (Å²) in [4.78, 5) is 0. The van der Waals surface area contributed by atoms with Crippen LogP contribution in [0.3, 0.4) is 0 Å². The van der Waals surface area contributed by atoms with Gasteiger partial charge >= 0.3 is 0 Å². The third-order valence-electron chi connectivity index (χ3n) is 1.80. The topological polar surface area (TPSA) is 12.0 Å². The highest BCUT2D eigenvalue weighted by atomic mass is 32.2. The lowest BCUT2D eigenvalue weighted by Gasteiger charge is -2.19. The van der Waals surface area contributed by atoms with Crippen LogP contribution < -0.4 is 5.32 Å². The molecular formula is C11H25NS2. The summed E-state index contributed by atoms with van der Waals surface area (Å²) in [6.07, 6.45) is 2.16. The van der Waals surface area contributed by atoms with E-state index in [1.165, 1.54) is 17.3 Å². The molecule has 0 aromatic carbocycles. The van der Waals surface area contributed by atoms with Gasteiger partial charge < -0.3 is 5.32 Å². The quantitative estimate of drug-likeness (QED) is 0.694. The second-order valence-corrected chi connectivity index (χ2v) is 6.34. The van der Waals surface area contributed by atoms with Crippen molar-refractivity contribution in [1.29, 1.82) is 0 Å². The number of nitrogens with one attached hydrogen (secondary N) is 1. The van der Waals surface area contributed by atoms with Crippen LogP contribution in [0.4, 0.5) is 0 Å². The first-order valence-corrected chi connectivity index (χ1v) is 7.93. The lowest BCUT2D eigenvalue weighted by Crippen LogP contribution is -2.37. The molecule has 0 amide bonds. The summed E-state index contributed by atoms with van der Waals surface area (Å²) in [7, 11) is 0. The Morgan fingerprint density at radius 3 is 2.00 bits per heavy atom. The molecule has 0 spiro atoms. The van der Waals surface area contributed by atoms with Crippen molar-refractivity contribution >= 4 is 23.5 Å². The van der Waals surface area contributed by atoms with E-state index in [1.807, 2.05) is 11.8 Å². The molecule has 14 heavy (non-hydrogen) atoms. The number of rotatable bonds is 8. The average Bonchev–Trinajstić information content (AvgIpc) is 2.03. The molecule has 0 aliphatic heterocycles. The molecule has 1 N–H and O–H groups in total. The molecule has 0 rings (SSSR count). The Morgan fingerprint density at radius 2 is 1.50 bits per heavy atom. The van der Waals surface area contributed by atoms with Crippen LogP contribution in [0, 0.1) is 5.92 Å². The van der Waals surface area contributed by atoms with Crippen molar-refractivity contribution in [3.8, 4) is 0 Å². The minimum absolute atomic E-state index is 0.639. The van der Waals surface area contributed by atoms with E-state index in [1.54, 1.807) is 0 Å². The van der Waals surface area contributed by atoms with Gasteiger partial charge in [-0.3, -0.25) is 0 Å². The summed E-state index contributed by atoms with van der Waals surface area (Å²) >= 11 is 3.97. The number of hydrogen-bond donors (Lipinski definition) is 1. The van der Waals surface area contributed by atoms with Crippen molar-refractivity contribution in [2.45, 2.75) is 39.8 Å². The standard InChI is InChI=1S/C11H25NS2/c1-9(2)6-14-8-11(4)12-10(3)7-13-5/h9-12H,6-8H2,1-5H3. The van der Waals surface area contributed by atoms with Gasteiger partial charge in [0.2, 0.25) is 0 Å². The van der Waals surface area contributed by atoms with Crippen LogP contribution in [-0.2, 0) is 0 Å². The molecule has 2 atom stereocenters. The second kappa shape index (κ2) is 8.93. The molecule has 86 valence electrons. The van der Waals surface area contributed by atoms with E-state index in [0.717, 1.165) is 5.92 Å². The zero-order chi connectivity index (χ0) is 11.0. The van der Waals surface area contributed by atoms with E-state index < -0.39 is 0 Å². The van der Waals surface area contributed by atoms with Gasteiger partial charge in [0.1, 0.15) is 0 Å². The molecule has 3 heteroatoms. The summed E-state index contributed by atoms with van der Waals surface area (Å²) in [6, 6.07) is 1.28. The number of hydrogen-bond acceptors (Lipinski definition) is 3. The molecule has 0 saturated carbocycles. The molecule has 0 bridgehead atoms. The van der Waals surface area contributed by atoms with Gasteiger partial charge in [-0.15, -0.1) is 0 Å². The molecule has 0 aliphatic rings. The maximum Gasteiger partial charge on any atom is 0.0132 e. The van der Waals surface area contributed by atoms with Crippen LogP contribution in [-0.4, -0.2) is 35.6 Å². The van der Waals surface area contributed by atoms with Gasteiger partial charge in [0.15, 0.2) is 0 Å². The molecule has 0 aromatic rings. The Morgan fingerprint density at radius 1 is 0.929 bits per heavy atom. The first kappa shape index (κ1) is 14.7. The molecule has 1 nitrogen and oxygen atoms in total. The second-order valence-electron chi connectivity index (χ2n) is 4.36. The smallest absolute Gasteiger partial charge is 0.0132 e. The summed E-state index contributed by atoms with van der Waals surface area (Å²) in [5.74, 6) is 4.54. The van der Waals surface area contributed by atoms with Crippen molar-refractivity contribution in [3.63, 3.8) is 0 Å². The van der Waals surface area contributed by atoms with E-state index in [9.17, 15) is 0 Å². The zero-order valence-corrected chi connectivity index (χ0v) is 11.8. The first-order chi connectivity index (χ1) is 6.56. The zero-order valence-electron chi connectivity index (χ0n) is 10.2. The van der Waals surface area contributed by atoms with E-state index in [-0.39, 0.29) is 0 Å². The van der Waals surface area contributed by atoms with E-state index in [2.05, 4.69) is 51.0 Å². The molecule has 0 heterocycles. The Labute approximate surface area is 98.2 Å². The minimum atomic E-state index is 0.639. The van der Waals surface area contributed by atoms with Gasteiger partial charge in [-0.05, 0) is 31.8 Å². The van der Waals surface area contributed by atoms with E-state index in [4.69, 9.17) is 0 Å². The average molecular weight is 235 g/mol. The van der Waals surface area contributed by atoms with Gasteiger partial charge in [0.05, 0.1) is 0 Å². The SMILES string of the molecule is CSCC(C)NC(C)CSCC(C)C. The minimum Gasteiger partial charge on any atom is -0.310 e. The third-order valence-corrected chi connectivity index (χ3v) is 4.28. The molecule has 0 aromatic heterocycles. The molecular weight excluding hydrogens is 210 g/mol. The Kier molecular flexibility index (Phi) is 9.35. The summed E-state index contributed by atoms with van der Waals surface area (Å²) < 4.78 is 0. The van der Waals surface area contributed by atoms with Crippen LogP contribution in [0.25, 0.3) is 0 Å². The molecule has 0 fully saturated rings. The van der Waals surface area contributed by atoms with Crippen LogP contribution in [0.2, 0.25) is 0 Å². The van der Waals surface area contributed by atoms with Gasteiger partial charge in [-0.1, -0.05) is 13.8 Å². The molecule has 0 radical (unpaired) electrons. The molecule has 0 saturated heterocycles. The van der Waals surface area contributed by atoms with Crippen molar-refractivity contribution in [1.82, 2.24) is 5.32 Å². The normalized spacial score (nSPS) is 15.9. The van der Waals surface area contributed by atoms with Crippen LogP contribution >= 0.6 is 23.5 Å². The summed E-state index contributed by atoms with van der Waals surface area (Å²) in [6.45, 7) is 9.10. The van der Waals surface area contributed by atoms with Crippen molar-refractivity contribution in [3.05, 3.63) is 0 Å². The van der Waals surface area contributed by atoms with Crippen molar-refractivity contribution in [2.24, 2.45) is 5.92 Å². The lowest BCUT2D eigenvalue weighted by molar-refractivity contribution is 0.528. The highest BCUT2D eigenvalue weighted by Gasteiger charge is 2.06. The third kappa shape index (κ3) is 9.22. The van der Waals surface area contributed by atoms with Gasteiger partial charge in [-0.2, -0.15) is 23.5 Å². The Bertz CT molecular complexity index is 128. The van der Waals surface area contributed by atoms with Crippen LogP contribution in [0.5, 0.6) is 0 Å². The predicted molar refractivity (Wildman–Crippen MR) is 72.6 cm³/mol. The fraction of sp³-hybridized carbons (Fsp3) is 1.00. The van der Waals surface area contributed by atoms with Gasteiger partial charge in [0, 0.05) is 23.6 Å². The van der Waals surface area contributed by atoms with Crippen LogP contribution in [0.1, 0.15) is 27.7 Å². The summed E-state index contributed by atoms with van der Waals surface area (Å²) in [5.41, 5.74) is 0. The van der Waals surface area contributed by atoms with Crippen molar-refractivity contribution in [2.75, 3.05) is 23.5 Å². The largest absolute Gasteiger partial charge is 0.310 e. The Hall–Kier alpha value is 0.660. The molecule has 0 aliphatic carbocycles. The van der Waals surface area contributed by atoms with E-state index in [0.29, 0.717) is 12.1 Å². The maximum absolute atomic E-state index is 3.61. The highest BCUT2D eigenvalue weighted by molar-refractivity contribution is 7.99. The van der Waals surface area contributed by atoms with Crippen molar-refractivity contribution < 1.29 is 0 Å². The van der Waals surface area contributed by atoms with Gasteiger partial charge in [-0.25, -0.2) is 0 Å². The number of thioether (sulfide) groups is 2. The fourth-order valence-corrected chi connectivity index (χ4v) is 2.97. The predicted octanol–water partition coefficient (Wildman–Crippen LogP) is 3.11. The van der Waals surface area contributed by atoms with Crippen LogP contribution in [0.15, 0.2) is 0 Å². The van der Waals surface area contributed by atoms with Gasteiger partial charge in [0.25, 0.3) is 0 Å². The maximum atomic E-state index is 3.61.